The lowest BCUT2D eigenvalue weighted by Gasteiger charge is -1.94. The van der Waals surface area contributed by atoms with Crippen LogP contribution >= 0.6 is 11.3 Å². The normalized spacial score (nSPS) is 10.0. The molecule has 0 unspecified atom stereocenters. The first kappa shape index (κ1) is 9.02. The number of nitrogens with zero attached hydrogens (tertiary/aromatic N) is 2. The Bertz CT molecular complexity index is 425. The Labute approximate surface area is 85.5 Å². The van der Waals surface area contributed by atoms with Crippen molar-refractivity contribution < 1.29 is 4.79 Å². The van der Waals surface area contributed by atoms with E-state index in [9.17, 15) is 4.79 Å². The molecule has 70 valence electrons. The first-order valence-electron chi connectivity index (χ1n) is 4.17. The van der Waals surface area contributed by atoms with Crippen LogP contribution in [-0.4, -0.2) is 16.3 Å². The quantitative estimate of drug-likeness (QED) is 0.717. The predicted octanol–water partition coefficient (Wildman–Crippen LogP) is 1.94. The van der Waals surface area contributed by atoms with E-state index in [0.717, 1.165) is 23.3 Å². The summed E-state index contributed by atoms with van der Waals surface area (Å²) < 4.78 is 0. The lowest BCUT2D eigenvalue weighted by Crippen LogP contribution is -1.86. The molecule has 0 amide bonds. The number of carbonyl (C=O) groups is 1. The van der Waals surface area contributed by atoms with Crippen LogP contribution in [-0.2, 0) is 6.42 Å². The molecular formula is C10H8N2OS. The van der Waals surface area contributed by atoms with E-state index in [1.165, 1.54) is 11.3 Å². The average Bonchev–Trinajstić information content (AvgIpc) is 2.67. The number of hydrogen-bond donors (Lipinski definition) is 0. The minimum atomic E-state index is 0.670. The van der Waals surface area contributed by atoms with Crippen LogP contribution in [0.25, 0.3) is 0 Å². The molecule has 2 aromatic rings. The van der Waals surface area contributed by atoms with Gasteiger partial charge in [0.05, 0.1) is 9.88 Å². The van der Waals surface area contributed by atoms with Gasteiger partial charge in [0.15, 0.2) is 6.29 Å². The van der Waals surface area contributed by atoms with Gasteiger partial charge in [-0.3, -0.25) is 9.78 Å². The molecule has 0 bridgehead atoms. The van der Waals surface area contributed by atoms with Crippen molar-refractivity contribution in [3.8, 4) is 0 Å². The lowest BCUT2D eigenvalue weighted by molar-refractivity contribution is 0.112. The Kier molecular flexibility index (Phi) is 2.65. The van der Waals surface area contributed by atoms with E-state index in [0.29, 0.717) is 4.88 Å². The highest BCUT2D eigenvalue weighted by Crippen LogP contribution is 2.14. The molecule has 3 nitrogen and oxygen atoms in total. The van der Waals surface area contributed by atoms with Crippen molar-refractivity contribution in [2.24, 2.45) is 0 Å². The first-order chi connectivity index (χ1) is 6.88. The second-order valence-electron chi connectivity index (χ2n) is 2.81. The van der Waals surface area contributed by atoms with Gasteiger partial charge >= 0.3 is 0 Å². The van der Waals surface area contributed by atoms with Crippen LogP contribution in [0.2, 0.25) is 0 Å². The monoisotopic (exact) mass is 204 g/mol. The van der Waals surface area contributed by atoms with Gasteiger partial charge in [0.25, 0.3) is 0 Å². The fourth-order valence-electron chi connectivity index (χ4n) is 1.14. The summed E-state index contributed by atoms with van der Waals surface area (Å²) in [6.45, 7) is 0. The van der Waals surface area contributed by atoms with E-state index in [-0.39, 0.29) is 0 Å². The van der Waals surface area contributed by atoms with Crippen molar-refractivity contribution >= 4 is 17.6 Å². The van der Waals surface area contributed by atoms with Gasteiger partial charge in [0, 0.05) is 25.0 Å². The number of thiazole rings is 1. The highest BCUT2D eigenvalue weighted by atomic mass is 32.1. The van der Waals surface area contributed by atoms with Gasteiger partial charge in [-0.05, 0) is 11.6 Å². The van der Waals surface area contributed by atoms with Crippen LogP contribution in [0.4, 0.5) is 0 Å². The molecule has 0 atom stereocenters. The van der Waals surface area contributed by atoms with Crippen molar-refractivity contribution in [2.75, 3.05) is 0 Å². The van der Waals surface area contributed by atoms with Crippen LogP contribution < -0.4 is 0 Å². The van der Waals surface area contributed by atoms with Crippen LogP contribution in [0.5, 0.6) is 0 Å². The Morgan fingerprint density at radius 2 is 2.36 bits per heavy atom. The molecule has 14 heavy (non-hydrogen) atoms. The maximum atomic E-state index is 10.4. The summed E-state index contributed by atoms with van der Waals surface area (Å²) in [4.78, 5) is 19.3. The van der Waals surface area contributed by atoms with E-state index in [4.69, 9.17) is 0 Å². The molecule has 0 aliphatic carbocycles. The zero-order valence-corrected chi connectivity index (χ0v) is 8.20. The Morgan fingerprint density at radius 1 is 1.43 bits per heavy atom. The minimum absolute atomic E-state index is 0.670. The smallest absolute Gasteiger partial charge is 0.161 e. The van der Waals surface area contributed by atoms with E-state index in [2.05, 4.69) is 9.97 Å². The van der Waals surface area contributed by atoms with Crippen LogP contribution in [0.3, 0.4) is 0 Å². The van der Waals surface area contributed by atoms with Crippen molar-refractivity contribution in [3.63, 3.8) is 0 Å². The number of pyridine rings is 1. The van der Waals surface area contributed by atoms with Crippen molar-refractivity contribution in [1.29, 1.82) is 0 Å². The molecule has 4 heteroatoms. The number of aromatic nitrogens is 2. The molecule has 0 aliphatic heterocycles. The molecule has 0 radical (unpaired) electrons. The summed E-state index contributed by atoms with van der Waals surface area (Å²) in [5.74, 6) is 0. The van der Waals surface area contributed by atoms with Crippen molar-refractivity contribution in [2.45, 2.75) is 6.42 Å². The zero-order chi connectivity index (χ0) is 9.80. The van der Waals surface area contributed by atoms with Gasteiger partial charge in [-0.25, -0.2) is 4.98 Å². The van der Waals surface area contributed by atoms with Gasteiger partial charge in [0.1, 0.15) is 0 Å². The Hall–Kier alpha value is -1.55. The van der Waals surface area contributed by atoms with Gasteiger partial charge in [-0.2, -0.15) is 0 Å². The highest BCUT2D eigenvalue weighted by molar-refractivity contribution is 7.13. The fourth-order valence-corrected chi connectivity index (χ4v) is 1.91. The van der Waals surface area contributed by atoms with Crippen LogP contribution in [0.1, 0.15) is 20.2 Å². The van der Waals surface area contributed by atoms with Crippen molar-refractivity contribution in [1.82, 2.24) is 9.97 Å². The van der Waals surface area contributed by atoms with Crippen LogP contribution in [0.15, 0.2) is 30.7 Å². The predicted molar refractivity (Wildman–Crippen MR) is 54.5 cm³/mol. The maximum Gasteiger partial charge on any atom is 0.161 e. The first-order valence-corrected chi connectivity index (χ1v) is 4.99. The SMILES string of the molecule is O=Cc1cnc(Cc2cccnc2)s1. The van der Waals surface area contributed by atoms with Gasteiger partial charge in [0.2, 0.25) is 0 Å². The fraction of sp³-hybridized carbons (Fsp3) is 0.100. The Balaban J connectivity index is 2.15. The van der Waals surface area contributed by atoms with E-state index in [1.807, 2.05) is 18.3 Å². The summed E-state index contributed by atoms with van der Waals surface area (Å²) >= 11 is 1.42. The summed E-state index contributed by atoms with van der Waals surface area (Å²) in [6, 6.07) is 3.89. The summed E-state index contributed by atoms with van der Waals surface area (Å²) in [5, 5.41) is 0.945. The lowest BCUT2D eigenvalue weighted by atomic mass is 10.2. The third kappa shape index (κ3) is 2.03. The topological polar surface area (TPSA) is 42.9 Å². The van der Waals surface area contributed by atoms with Gasteiger partial charge in [-0.1, -0.05) is 6.07 Å². The zero-order valence-electron chi connectivity index (χ0n) is 7.38. The highest BCUT2D eigenvalue weighted by Gasteiger charge is 2.01. The molecule has 0 fully saturated rings. The van der Waals surface area contributed by atoms with Gasteiger partial charge in [-0.15, -0.1) is 11.3 Å². The number of hydrogen-bond acceptors (Lipinski definition) is 4. The molecule has 2 aromatic heterocycles. The van der Waals surface area contributed by atoms with E-state index in [1.54, 1.807) is 12.4 Å². The third-order valence-corrected chi connectivity index (χ3v) is 2.69. The summed E-state index contributed by atoms with van der Waals surface area (Å²) in [7, 11) is 0. The molecule has 0 N–H and O–H groups in total. The molecule has 0 aromatic carbocycles. The summed E-state index contributed by atoms with van der Waals surface area (Å²) in [6.07, 6.45) is 6.71. The van der Waals surface area contributed by atoms with Gasteiger partial charge < -0.3 is 0 Å². The molecule has 2 heterocycles. The molecule has 0 spiro atoms. The molecule has 0 saturated heterocycles. The third-order valence-electron chi connectivity index (χ3n) is 1.77. The molecule has 0 saturated carbocycles. The summed E-state index contributed by atoms with van der Waals surface area (Å²) in [5.41, 5.74) is 1.11. The second kappa shape index (κ2) is 4.11. The number of carbonyl (C=O) groups excluding carboxylic acids is 1. The van der Waals surface area contributed by atoms with E-state index >= 15 is 0 Å². The average molecular weight is 204 g/mol. The standard InChI is InChI=1S/C10H8N2OS/c13-7-9-6-12-10(14-9)4-8-2-1-3-11-5-8/h1-3,5-7H,4H2. The molecular weight excluding hydrogens is 196 g/mol. The number of aldehydes is 1. The van der Waals surface area contributed by atoms with E-state index < -0.39 is 0 Å². The maximum absolute atomic E-state index is 10.4. The Morgan fingerprint density at radius 3 is 3.00 bits per heavy atom. The second-order valence-corrected chi connectivity index (χ2v) is 3.96. The van der Waals surface area contributed by atoms with Crippen LogP contribution in [0, 0.1) is 0 Å². The number of rotatable bonds is 3. The largest absolute Gasteiger partial charge is 0.297 e. The molecule has 0 aliphatic rings. The molecule has 2 rings (SSSR count). The van der Waals surface area contributed by atoms with Crippen molar-refractivity contribution in [3.05, 3.63) is 46.2 Å². The minimum Gasteiger partial charge on any atom is -0.297 e.